The molecule has 0 aliphatic rings. The van der Waals surface area contributed by atoms with Crippen LogP contribution >= 0.6 is 27.5 Å². The molecule has 4 heteroatoms. The summed E-state index contributed by atoms with van der Waals surface area (Å²) in [6.45, 7) is 0. The van der Waals surface area contributed by atoms with Crippen molar-refractivity contribution < 1.29 is 9.21 Å². The lowest BCUT2D eigenvalue weighted by atomic mass is 10.2. The maximum atomic E-state index is 11.3. The highest BCUT2D eigenvalue weighted by Crippen LogP contribution is 2.26. The largest absolute Gasteiger partial charge is 0.451 e. The van der Waals surface area contributed by atoms with Gasteiger partial charge in [-0.1, -0.05) is 39.7 Å². The third-order valence-electron chi connectivity index (χ3n) is 1.89. The second kappa shape index (κ2) is 3.75. The Morgan fingerprint density at radius 1 is 1.50 bits per heavy atom. The molecule has 0 aliphatic heterocycles. The molecule has 2 rings (SSSR count). The van der Waals surface area contributed by atoms with Crippen LogP contribution in [-0.2, 0) is 0 Å². The Hall–Kier alpha value is -0.800. The number of Topliss-reactive ketones (excluding diaryl/α,β-unsaturated/α-hetero) is 1. The van der Waals surface area contributed by atoms with E-state index in [0.717, 1.165) is 5.39 Å². The summed E-state index contributed by atoms with van der Waals surface area (Å²) in [7, 11) is 0. The van der Waals surface area contributed by atoms with Crippen LogP contribution in [0.15, 0.2) is 28.7 Å². The number of rotatable bonds is 2. The van der Waals surface area contributed by atoms with E-state index in [1.165, 1.54) is 0 Å². The number of fused-ring (bicyclic) bond motifs is 1. The van der Waals surface area contributed by atoms with Gasteiger partial charge < -0.3 is 4.42 Å². The van der Waals surface area contributed by atoms with E-state index in [2.05, 4.69) is 15.9 Å². The number of benzene rings is 1. The lowest BCUT2D eigenvalue weighted by Gasteiger charge is -1.90. The molecule has 0 bridgehead atoms. The third kappa shape index (κ3) is 1.57. The van der Waals surface area contributed by atoms with Gasteiger partial charge in [0.05, 0.1) is 10.4 Å². The van der Waals surface area contributed by atoms with Crippen molar-refractivity contribution in [3.63, 3.8) is 0 Å². The number of carbonyl (C=O) groups is 1. The van der Waals surface area contributed by atoms with Gasteiger partial charge in [-0.3, -0.25) is 4.79 Å². The fraction of sp³-hybridized carbons (Fsp3) is 0.100. The molecular formula is C10H6BrClO2. The third-order valence-corrected chi connectivity index (χ3v) is 2.70. The van der Waals surface area contributed by atoms with E-state index in [-0.39, 0.29) is 11.1 Å². The van der Waals surface area contributed by atoms with E-state index in [0.29, 0.717) is 16.4 Å². The fourth-order valence-corrected chi connectivity index (χ4v) is 1.73. The van der Waals surface area contributed by atoms with Gasteiger partial charge in [0.15, 0.2) is 11.3 Å². The molecule has 0 unspecified atom stereocenters. The first-order valence-electron chi connectivity index (χ1n) is 3.99. The number of ketones is 1. The van der Waals surface area contributed by atoms with Crippen LogP contribution in [0.25, 0.3) is 11.0 Å². The summed E-state index contributed by atoms with van der Waals surface area (Å²) in [5, 5.41) is 1.63. The van der Waals surface area contributed by atoms with Crippen molar-refractivity contribution in [2.45, 2.75) is 0 Å². The minimum absolute atomic E-state index is 0.0859. The van der Waals surface area contributed by atoms with Gasteiger partial charge in [0.1, 0.15) is 0 Å². The highest BCUT2D eigenvalue weighted by atomic mass is 79.9. The molecule has 72 valence electrons. The molecule has 0 N–H and O–H groups in total. The predicted octanol–water partition coefficient (Wildman–Crippen LogP) is 3.66. The van der Waals surface area contributed by atoms with E-state index < -0.39 is 0 Å². The highest BCUT2D eigenvalue weighted by molar-refractivity contribution is 9.09. The maximum Gasteiger partial charge on any atom is 0.208 e. The Balaban J connectivity index is 2.62. The van der Waals surface area contributed by atoms with Gasteiger partial charge in [-0.05, 0) is 12.1 Å². The summed E-state index contributed by atoms with van der Waals surface area (Å²) in [6, 6.07) is 7.11. The fourth-order valence-electron chi connectivity index (χ4n) is 1.23. The summed E-state index contributed by atoms with van der Waals surface area (Å²) in [4.78, 5) is 11.3. The average Bonchev–Trinajstić information content (AvgIpc) is 2.62. The molecule has 0 amide bonds. The Labute approximate surface area is 94.0 Å². The molecule has 1 heterocycles. The van der Waals surface area contributed by atoms with Gasteiger partial charge >= 0.3 is 0 Å². The Bertz CT molecular complexity index is 490. The van der Waals surface area contributed by atoms with Crippen LogP contribution in [0.1, 0.15) is 10.6 Å². The number of hydrogen-bond donors (Lipinski definition) is 0. The van der Waals surface area contributed by atoms with Crippen LogP contribution < -0.4 is 0 Å². The molecule has 0 fully saturated rings. The van der Waals surface area contributed by atoms with Crippen LogP contribution in [0.3, 0.4) is 0 Å². The minimum Gasteiger partial charge on any atom is -0.451 e. The lowest BCUT2D eigenvalue weighted by Crippen LogP contribution is -1.96. The highest BCUT2D eigenvalue weighted by Gasteiger charge is 2.12. The molecule has 0 aliphatic carbocycles. The Morgan fingerprint density at radius 2 is 2.29 bits per heavy atom. The molecule has 14 heavy (non-hydrogen) atoms. The molecule has 1 aromatic carbocycles. The van der Waals surface area contributed by atoms with Gasteiger partial charge in [0, 0.05) is 5.39 Å². The van der Waals surface area contributed by atoms with Gasteiger partial charge in [0.2, 0.25) is 5.78 Å². The zero-order valence-electron chi connectivity index (χ0n) is 7.09. The molecule has 0 saturated carbocycles. The number of carbonyl (C=O) groups excluding carboxylic acids is 1. The van der Waals surface area contributed by atoms with E-state index in [1.54, 1.807) is 12.1 Å². The van der Waals surface area contributed by atoms with Crippen molar-refractivity contribution in [3.05, 3.63) is 35.0 Å². The van der Waals surface area contributed by atoms with Gasteiger partial charge in [-0.15, -0.1) is 0 Å². The van der Waals surface area contributed by atoms with E-state index in [9.17, 15) is 4.79 Å². The predicted molar refractivity (Wildman–Crippen MR) is 59.3 cm³/mol. The van der Waals surface area contributed by atoms with Crippen molar-refractivity contribution in [1.29, 1.82) is 0 Å². The topological polar surface area (TPSA) is 30.2 Å². The minimum atomic E-state index is -0.0859. The SMILES string of the molecule is O=C(CBr)c1cc2cccc(Cl)c2o1. The van der Waals surface area contributed by atoms with E-state index >= 15 is 0 Å². The molecule has 2 nitrogen and oxygen atoms in total. The summed E-state index contributed by atoms with van der Waals surface area (Å²) in [5.41, 5.74) is 0.568. The number of alkyl halides is 1. The first kappa shape index (κ1) is 9.74. The number of furan rings is 1. The second-order valence-electron chi connectivity index (χ2n) is 2.83. The monoisotopic (exact) mass is 272 g/mol. The quantitative estimate of drug-likeness (QED) is 0.617. The molecule has 1 aromatic heterocycles. The average molecular weight is 274 g/mol. The van der Waals surface area contributed by atoms with Gasteiger partial charge in [0.25, 0.3) is 0 Å². The molecule has 0 saturated heterocycles. The number of hydrogen-bond acceptors (Lipinski definition) is 2. The summed E-state index contributed by atoms with van der Waals surface area (Å²) >= 11 is 8.99. The lowest BCUT2D eigenvalue weighted by molar-refractivity contribution is 0.0995. The van der Waals surface area contributed by atoms with Crippen molar-refractivity contribution in [2.75, 3.05) is 5.33 Å². The van der Waals surface area contributed by atoms with Crippen molar-refractivity contribution >= 4 is 44.3 Å². The Morgan fingerprint density at radius 3 is 2.93 bits per heavy atom. The summed E-state index contributed by atoms with van der Waals surface area (Å²) in [5.74, 6) is 0.252. The van der Waals surface area contributed by atoms with Crippen LogP contribution in [0.5, 0.6) is 0 Å². The molecular weight excluding hydrogens is 267 g/mol. The summed E-state index contributed by atoms with van der Waals surface area (Å²) < 4.78 is 5.34. The van der Waals surface area contributed by atoms with Crippen molar-refractivity contribution in [1.82, 2.24) is 0 Å². The standard InChI is InChI=1S/C10H6BrClO2/c11-5-8(13)9-4-6-2-1-3-7(12)10(6)14-9/h1-4H,5H2. The number of halogens is 2. The van der Waals surface area contributed by atoms with Gasteiger partial charge in [-0.25, -0.2) is 0 Å². The smallest absolute Gasteiger partial charge is 0.208 e. The first-order chi connectivity index (χ1) is 6.72. The van der Waals surface area contributed by atoms with Crippen molar-refractivity contribution in [2.24, 2.45) is 0 Å². The van der Waals surface area contributed by atoms with Crippen LogP contribution in [0, 0.1) is 0 Å². The van der Waals surface area contributed by atoms with E-state index in [1.807, 2.05) is 12.1 Å². The molecule has 2 aromatic rings. The summed E-state index contributed by atoms with van der Waals surface area (Å²) in [6.07, 6.45) is 0. The van der Waals surface area contributed by atoms with Crippen LogP contribution in [-0.4, -0.2) is 11.1 Å². The first-order valence-corrected chi connectivity index (χ1v) is 5.49. The Kier molecular flexibility index (Phi) is 2.61. The van der Waals surface area contributed by atoms with E-state index in [4.69, 9.17) is 16.0 Å². The van der Waals surface area contributed by atoms with Crippen LogP contribution in [0.2, 0.25) is 5.02 Å². The molecule has 0 spiro atoms. The second-order valence-corrected chi connectivity index (χ2v) is 3.79. The zero-order valence-corrected chi connectivity index (χ0v) is 9.43. The van der Waals surface area contributed by atoms with Crippen LogP contribution in [0.4, 0.5) is 0 Å². The van der Waals surface area contributed by atoms with Crippen molar-refractivity contribution in [3.8, 4) is 0 Å². The molecule has 0 atom stereocenters. The number of para-hydroxylation sites is 1. The normalized spacial score (nSPS) is 10.7. The maximum absolute atomic E-state index is 11.3. The molecule has 0 radical (unpaired) electrons. The van der Waals surface area contributed by atoms with Gasteiger partial charge in [-0.2, -0.15) is 0 Å². The zero-order chi connectivity index (χ0) is 10.1.